The quantitative estimate of drug-likeness (QED) is 0.689. The van der Waals surface area contributed by atoms with Gasteiger partial charge in [-0.25, -0.2) is 0 Å². The Kier molecular flexibility index (Phi) is 3.97. The van der Waals surface area contributed by atoms with Gasteiger partial charge in [0, 0.05) is 18.4 Å². The summed E-state index contributed by atoms with van der Waals surface area (Å²) in [5.74, 6) is 0. The van der Waals surface area contributed by atoms with E-state index in [0.29, 0.717) is 0 Å². The third-order valence-corrected chi connectivity index (χ3v) is 4.13. The van der Waals surface area contributed by atoms with Crippen LogP contribution >= 0.6 is 0 Å². The van der Waals surface area contributed by atoms with E-state index < -0.39 is 0 Å². The molecule has 1 aliphatic heterocycles. The van der Waals surface area contributed by atoms with Gasteiger partial charge in [-0.1, -0.05) is 66.8 Å². The number of likely N-dealkylation sites (N-methyl/N-ethyl adjacent to an activating group) is 1. The van der Waals surface area contributed by atoms with Gasteiger partial charge in [0.2, 0.25) is 0 Å². The van der Waals surface area contributed by atoms with Crippen LogP contribution in [0.1, 0.15) is 11.1 Å². The molecular formula is C21H21N. The number of aryl methyl sites for hydroxylation is 1. The molecule has 0 spiro atoms. The molecule has 1 heteroatoms. The number of nitrogens with zero attached hydrogens (tertiary/aromatic N) is 1. The molecule has 0 radical (unpaired) electrons. The molecule has 0 saturated carbocycles. The normalized spacial score (nSPS) is 17.2. The van der Waals surface area contributed by atoms with E-state index in [1.807, 2.05) is 6.08 Å². The van der Waals surface area contributed by atoms with Gasteiger partial charge in [0.15, 0.2) is 0 Å². The van der Waals surface area contributed by atoms with E-state index in [9.17, 15) is 0 Å². The minimum absolute atomic E-state index is 0.918. The second-order valence-electron chi connectivity index (χ2n) is 5.71. The van der Waals surface area contributed by atoms with Crippen LogP contribution in [0.25, 0.3) is 11.1 Å². The molecule has 110 valence electrons. The summed E-state index contributed by atoms with van der Waals surface area (Å²) in [5.41, 5.74) is 7.42. The molecule has 0 fully saturated rings. The van der Waals surface area contributed by atoms with Gasteiger partial charge < -0.3 is 4.90 Å². The van der Waals surface area contributed by atoms with Gasteiger partial charge in [-0.3, -0.25) is 0 Å². The fourth-order valence-corrected chi connectivity index (χ4v) is 2.88. The Morgan fingerprint density at radius 3 is 2.68 bits per heavy atom. The summed E-state index contributed by atoms with van der Waals surface area (Å²) in [7, 11) is 2.08. The Morgan fingerprint density at radius 2 is 1.86 bits per heavy atom. The van der Waals surface area contributed by atoms with Crippen LogP contribution in [0.4, 0.5) is 5.69 Å². The first-order valence-corrected chi connectivity index (χ1v) is 7.61. The molecule has 0 aromatic heterocycles. The zero-order chi connectivity index (χ0) is 15.5. The van der Waals surface area contributed by atoms with Crippen LogP contribution in [0.5, 0.6) is 0 Å². The topological polar surface area (TPSA) is 3.24 Å². The second-order valence-corrected chi connectivity index (χ2v) is 5.71. The average molecular weight is 287 g/mol. The van der Waals surface area contributed by atoms with Crippen LogP contribution < -0.4 is 4.90 Å². The first kappa shape index (κ1) is 14.4. The number of allylic oxidation sites excluding steroid dienone is 4. The highest BCUT2D eigenvalue weighted by molar-refractivity contribution is 5.76. The summed E-state index contributed by atoms with van der Waals surface area (Å²) in [6, 6.07) is 15.2. The summed E-state index contributed by atoms with van der Waals surface area (Å²) in [4.78, 5) is 2.16. The van der Waals surface area contributed by atoms with Crippen molar-refractivity contribution in [2.45, 2.75) is 13.3 Å². The van der Waals surface area contributed by atoms with Gasteiger partial charge in [-0.2, -0.15) is 0 Å². The summed E-state index contributed by atoms with van der Waals surface area (Å²) >= 11 is 0. The monoisotopic (exact) mass is 287 g/mol. The Morgan fingerprint density at radius 1 is 1.05 bits per heavy atom. The van der Waals surface area contributed by atoms with Crippen molar-refractivity contribution in [3.8, 4) is 11.1 Å². The van der Waals surface area contributed by atoms with Gasteiger partial charge >= 0.3 is 0 Å². The zero-order valence-corrected chi connectivity index (χ0v) is 13.2. The SMILES string of the molecule is C=C1/C=C\C=C/Cc2c(-c3cccc(C)c3)cccc2N1C. The lowest BCUT2D eigenvalue weighted by atomic mass is 9.94. The summed E-state index contributed by atoms with van der Waals surface area (Å²) in [6.45, 7) is 6.30. The van der Waals surface area contributed by atoms with Crippen LogP contribution in [0, 0.1) is 6.92 Å². The van der Waals surface area contributed by atoms with Crippen molar-refractivity contribution < 1.29 is 0 Å². The van der Waals surface area contributed by atoms with Crippen molar-refractivity contribution in [2.75, 3.05) is 11.9 Å². The van der Waals surface area contributed by atoms with Crippen LogP contribution in [-0.2, 0) is 6.42 Å². The molecular weight excluding hydrogens is 266 g/mol. The fourth-order valence-electron chi connectivity index (χ4n) is 2.88. The smallest absolute Gasteiger partial charge is 0.0449 e. The summed E-state index contributed by atoms with van der Waals surface area (Å²) in [5, 5.41) is 0. The Bertz CT molecular complexity index is 765. The van der Waals surface area contributed by atoms with Gasteiger partial charge in [-0.15, -0.1) is 0 Å². The molecule has 0 unspecified atom stereocenters. The predicted octanol–water partition coefficient (Wildman–Crippen LogP) is 5.28. The molecule has 0 bridgehead atoms. The molecule has 0 N–H and O–H groups in total. The van der Waals surface area contributed by atoms with Crippen molar-refractivity contribution in [3.63, 3.8) is 0 Å². The first-order chi connectivity index (χ1) is 10.7. The Hall–Kier alpha value is -2.54. The van der Waals surface area contributed by atoms with E-state index in [0.717, 1.165) is 12.1 Å². The van der Waals surface area contributed by atoms with E-state index in [1.54, 1.807) is 0 Å². The standard InChI is InChI=1S/C21H21N/c1-16-9-7-11-18(15-16)19-13-8-14-21-20(19)12-6-4-5-10-17(2)22(21)3/h4-11,13-15H,2,12H2,1,3H3/b6-4-,10-5-. The number of benzene rings is 2. The van der Waals surface area contributed by atoms with Crippen LogP contribution in [0.2, 0.25) is 0 Å². The highest BCUT2D eigenvalue weighted by Gasteiger charge is 2.14. The molecule has 0 atom stereocenters. The molecule has 0 aliphatic carbocycles. The Balaban J connectivity index is 2.19. The minimum atomic E-state index is 0.918. The number of anilines is 1. The summed E-state index contributed by atoms with van der Waals surface area (Å²) < 4.78 is 0. The summed E-state index contributed by atoms with van der Waals surface area (Å²) in [6.07, 6.45) is 9.33. The average Bonchev–Trinajstić information content (AvgIpc) is 2.59. The molecule has 22 heavy (non-hydrogen) atoms. The van der Waals surface area contributed by atoms with E-state index >= 15 is 0 Å². The molecule has 2 aromatic carbocycles. The van der Waals surface area contributed by atoms with Gasteiger partial charge in [0.1, 0.15) is 0 Å². The molecule has 1 nitrogen and oxygen atoms in total. The maximum atomic E-state index is 4.16. The third-order valence-electron chi connectivity index (χ3n) is 4.13. The molecule has 0 saturated heterocycles. The lowest BCUT2D eigenvalue weighted by Gasteiger charge is -2.24. The van der Waals surface area contributed by atoms with Crippen molar-refractivity contribution >= 4 is 5.69 Å². The zero-order valence-electron chi connectivity index (χ0n) is 13.2. The highest BCUT2D eigenvalue weighted by Crippen LogP contribution is 2.33. The second kappa shape index (κ2) is 6.07. The maximum Gasteiger partial charge on any atom is 0.0449 e. The number of hydrogen-bond donors (Lipinski definition) is 0. The van der Waals surface area contributed by atoms with Crippen molar-refractivity contribution in [1.82, 2.24) is 0 Å². The van der Waals surface area contributed by atoms with E-state index in [4.69, 9.17) is 0 Å². The van der Waals surface area contributed by atoms with Gasteiger partial charge in [-0.05, 0) is 42.2 Å². The first-order valence-electron chi connectivity index (χ1n) is 7.61. The lowest BCUT2D eigenvalue weighted by molar-refractivity contribution is 1.11. The van der Waals surface area contributed by atoms with Crippen LogP contribution in [0.3, 0.4) is 0 Å². The lowest BCUT2D eigenvalue weighted by Crippen LogP contribution is -2.16. The van der Waals surface area contributed by atoms with Crippen molar-refractivity contribution in [2.24, 2.45) is 0 Å². The van der Waals surface area contributed by atoms with Gasteiger partial charge in [0.05, 0.1) is 0 Å². The molecule has 3 rings (SSSR count). The molecule has 1 heterocycles. The van der Waals surface area contributed by atoms with Crippen molar-refractivity contribution in [3.05, 3.63) is 90.2 Å². The predicted molar refractivity (Wildman–Crippen MR) is 96.1 cm³/mol. The van der Waals surface area contributed by atoms with E-state index in [-0.39, 0.29) is 0 Å². The highest BCUT2D eigenvalue weighted by atomic mass is 15.1. The fraction of sp³-hybridized carbons (Fsp3) is 0.143. The largest absolute Gasteiger partial charge is 0.345 e. The van der Waals surface area contributed by atoms with E-state index in [2.05, 4.69) is 86.1 Å². The third kappa shape index (κ3) is 2.75. The number of rotatable bonds is 1. The molecule has 1 aliphatic rings. The van der Waals surface area contributed by atoms with Crippen LogP contribution in [0.15, 0.2) is 79.0 Å². The van der Waals surface area contributed by atoms with Gasteiger partial charge in [0.25, 0.3) is 0 Å². The molecule has 2 aromatic rings. The maximum absolute atomic E-state index is 4.16. The minimum Gasteiger partial charge on any atom is -0.345 e. The Labute approximate surface area is 132 Å². The number of fused-ring (bicyclic) bond motifs is 1. The van der Waals surface area contributed by atoms with Crippen molar-refractivity contribution in [1.29, 1.82) is 0 Å². The van der Waals surface area contributed by atoms with E-state index in [1.165, 1.54) is 27.9 Å². The number of hydrogen-bond acceptors (Lipinski definition) is 1. The molecule has 0 amide bonds. The van der Waals surface area contributed by atoms with Crippen LogP contribution in [-0.4, -0.2) is 7.05 Å².